The first-order chi connectivity index (χ1) is 12.8. The number of hydrogen-bond donors (Lipinski definition) is 3. The smallest absolute Gasteiger partial charge is 0.315 e. The van der Waals surface area contributed by atoms with E-state index in [0.29, 0.717) is 18.7 Å². The number of carbonyl (C=O) groups excluding carboxylic acids is 1. The number of carbonyl (C=O) groups is 1. The Bertz CT molecular complexity index is 818. The Kier molecular flexibility index (Phi) is 7.40. The molecule has 2 aromatic rings. The average molecular weight is 394 g/mol. The molecule has 3 N–H and O–H groups in total. The highest BCUT2D eigenvalue weighted by molar-refractivity contribution is 7.88. The van der Waals surface area contributed by atoms with Crippen molar-refractivity contribution in [1.82, 2.24) is 20.3 Å². The number of hydrogen-bond acceptors (Lipinski definition) is 5. The molecular weight excluding hydrogens is 368 g/mol. The number of rotatable bonds is 9. The van der Waals surface area contributed by atoms with Crippen LogP contribution in [0.15, 0.2) is 47.1 Å². The van der Waals surface area contributed by atoms with Crippen molar-refractivity contribution in [1.29, 1.82) is 0 Å². The van der Waals surface area contributed by atoms with Gasteiger partial charge in [-0.05, 0) is 44.4 Å². The van der Waals surface area contributed by atoms with E-state index in [4.69, 9.17) is 4.42 Å². The molecule has 1 atom stereocenters. The van der Waals surface area contributed by atoms with Gasteiger partial charge in [-0.2, -0.15) is 0 Å². The van der Waals surface area contributed by atoms with E-state index in [2.05, 4.69) is 15.4 Å². The van der Waals surface area contributed by atoms with Gasteiger partial charge in [0.2, 0.25) is 10.0 Å². The lowest BCUT2D eigenvalue weighted by molar-refractivity contribution is 0.225. The maximum atomic E-state index is 12.0. The Labute approximate surface area is 160 Å². The summed E-state index contributed by atoms with van der Waals surface area (Å²) in [4.78, 5) is 14.0. The van der Waals surface area contributed by atoms with Crippen LogP contribution in [0.4, 0.5) is 4.79 Å². The van der Waals surface area contributed by atoms with E-state index in [-0.39, 0.29) is 17.8 Å². The number of benzene rings is 1. The van der Waals surface area contributed by atoms with E-state index in [1.54, 1.807) is 30.5 Å². The first-order valence-electron chi connectivity index (χ1n) is 8.51. The monoisotopic (exact) mass is 394 g/mol. The van der Waals surface area contributed by atoms with Gasteiger partial charge in [0.15, 0.2) is 0 Å². The van der Waals surface area contributed by atoms with Crippen molar-refractivity contribution < 1.29 is 17.6 Å². The molecule has 27 heavy (non-hydrogen) atoms. The number of furan rings is 1. The van der Waals surface area contributed by atoms with E-state index in [1.165, 1.54) is 7.05 Å². The molecule has 0 saturated heterocycles. The fourth-order valence-corrected chi connectivity index (χ4v) is 3.27. The minimum Gasteiger partial charge on any atom is -0.468 e. The van der Waals surface area contributed by atoms with Crippen LogP contribution >= 0.6 is 0 Å². The average Bonchev–Trinajstić information content (AvgIpc) is 3.15. The summed E-state index contributed by atoms with van der Waals surface area (Å²) >= 11 is 0. The zero-order valence-corrected chi connectivity index (χ0v) is 16.5. The van der Waals surface area contributed by atoms with Gasteiger partial charge in [-0.15, -0.1) is 0 Å². The van der Waals surface area contributed by atoms with Gasteiger partial charge in [0, 0.05) is 13.1 Å². The topological polar surface area (TPSA) is 104 Å². The lowest BCUT2D eigenvalue weighted by Crippen LogP contribution is -2.40. The van der Waals surface area contributed by atoms with E-state index >= 15 is 0 Å². The molecule has 2 amide bonds. The highest BCUT2D eigenvalue weighted by atomic mass is 32.2. The van der Waals surface area contributed by atoms with Crippen molar-refractivity contribution >= 4 is 16.1 Å². The van der Waals surface area contributed by atoms with Gasteiger partial charge in [-0.1, -0.05) is 24.3 Å². The van der Waals surface area contributed by atoms with Crippen molar-refractivity contribution in [2.45, 2.75) is 18.3 Å². The second kappa shape index (κ2) is 9.54. The molecule has 0 aliphatic heterocycles. The summed E-state index contributed by atoms with van der Waals surface area (Å²) in [7, 11) is 1.93. The van der Waals surface area contributed by atoms with Crippen molar-refractivity contribution in [3.8, 4) is 0 Å². The number of urea groups is 1. The maximum Gasteiger partial charge on any atom is 0.315 e. The molecule has 9 heteroatoms. The van der Waals surface area contributed by atoms with Crippen LogP contribution in [-0.4, -0.2) is 47.0 Å². The Balaban J connectivity index is 1.81. The summed E-state index contributed by atoms with van der Waals surface area (Å²) in [5.41, 5.74) is 1.57. The van der Waals surface area contributed by atoms with Crippen LogP contribution in [0.1, 0.15) is 22.9 Å². The molecule has 8 nitrogen and oxygen atoms in total. The first-order valence-corrected chi connectivity index (χ1v) is 10.2. The second-order valence-corrected chi connectivity index (χ2v) is 8.26. The zero-order chi connectivity index (χ0) is 19.9. The quantitative estimate of drug-likeness (QED) is 0.597. The molecule has 1 heterocycles. The molecular formula is C18H26N4O4S. The minimum atomic E-state index is -3.29. The number of amides is 2. The van der Waals surface area contributed by atoms with Gasteiger partial charge in [0.25, 0.3) is 0 Å². The predicted molar refractivity (Wildman–Crippen MR) is 103 cm³/mol. The Morgan fingerprint density at radius 1 is 1.11 bits per heavy atom. The Morgan fingerprint density at radius 3 is 2.33 bits per heavy atom. The molecule has 148 valence electrons. The normalized spacial score (nSPS) is 12.7. The summed E-state index contributed by atoms with van der Waals surface area (Å²) in [6, 6.07) is 10.4. The van der Waals surface area contributed by atoms with E-state index in [0.717, 1.165) is 11.3 Å². The first kappa shape index (κ1) is 20.9. The fraction of sp³-hybridized carbons (Fsp3) is 0.389. The molecule has 1 unspecified atom stereocenters. The van der Waals surface area contributed by atoms with Crippen molar-refractivity contribution in [3.63, 3.8) is 0 Å². The predicted octanol–water partition coefficient (Wildman–Crippen LogP) is 1.43. The van der Waals surface area contributed by atoms with Gasteiger partial charge < -0.3 is 15.1 Å². The molecule has 0 saturated carbocycles. The Hall–Kier alpha value is -2.36. The van der Waals surface area contributed by atoms with Crippen LogP contribution < -0.4 is 15.4 Å². The molecule has 1 aromatic carbocycles. The highest BCUT2D eigenvalue weighted by Gasteiger charge is 2.17. The standard InChI is InChI=1S/C18H26N4O4S/c1-19-27(24,25)13-15-8-6-14(7-9-15)11-20-18(23)21-12-16(22(2)3)17-5-4-10-26-17/h4-10,16,19H,11-13H2,1-3H3,(H2,20,21,23). The van der Waals surface area contributed by atoms with Crippen LogP contribution in [0.2, 0.25) is 0 Å². The van der Waals surface area contributed by atoms with Gasteiger partial charge in [0.05, 0.1) is 18.1 Å². The summed E-state index contributed by atoms with van der Waals surface area (Å²) in [6.45, 7) is 0.755. The van der Waals surface area contributed by atoms with Crippen LogP contribution in [0, 0.1) is 0 Å². The highest BCUT2D eigenvalue weighted by Crippen LogP contribution is 2.17. The lowest BCUT2D eigenvalue weighted by Gasteiger charge is -2.22. The molecule has 2 rings (SSSR count). The summed E-state index contributed by atoms with van der Waals surface area (Å²) < 4.78 is 30.8. The van der Waals surface area contributed by atoms with E-state index in [9.17, 15) is 13.2 Å². The summed E-state index contributed by atoms with van der Waals surface area (Å²) in [5, 5.41) is 5.62. The molecule has 0 aliphatic rings. The van der Waals surface area contributed by atoms with Gasteiger partial charge in [-0.3, -0.25) is 4.90 Å². The fourth-order valence-electron chi connectivity index (χ4n) is 2.50. The minimum absolute atomic E-state index is 0.0563. The number of likely N-dealkylation sites (N-methyl/N-ethyl adjacent to an activating group) is 1. The van der Waals surface area contributed by atoms with E-state index in [1.807, 2.05) is 31.1 Å². The van der Waals surface area contributed by atoms with E-state index < -0.39 is 10.0 Å². The zero-order valence-electron chi connectivity index (χ0n) is 15.7. The molecule has 0 spiro atoms. The molecule has 0 fully saturated rings. The van der Waals surface area contributed by atoms with Gasteiger partial charge >= 0.3 is 6.03 Å². The van der Waals surface area contributed by atoms with Crippen molar-refractivity contribution in [3.05, 3.63) is 59.5 Å². The third-order valence-electron chi connectivity index (χ3n) is 4.09. The van der Waals surface area contributed by atoms with Crippen LogP contribution in [0.25, 0.3) is 0 Å². The van der Waals surface area contributed by atoms with Gasteiger partial charge in [0.1, 0.15) is 5.76 Å². The van der Waals surface area contributed by atoms with Crippen molar-refractivity contribution in [2.75, 3.05) is 27.7 Å². The molecule has 0 aliphatic carbocycles. The number of nitrogens with one attached hydrogen (secondary N) is 3. The van der Waals surface area contributed by atoms with Gasteiger partial charge in [-0.25, -0.2) is 17.9 Å². The largest absolute Gasteiger partial charge is 0.468 e. The second-order valence-electron chi connectivity index (χ2n) is 6.34. The Morgan fingerprint density at radius 2 is 1.78 bits per heavy atom. The number of nitrogens with zero attached hydrogens (tertiary/aromatic N) is 1. The van der Waals surface area contributed by atoms with Crippen LogP contribution in [-0.2, 0) is 22.3 Å². The van der Waals surface area contributed by atoms with Crippen molar-refractivity contribution in [2.24, 2.45) is 0 Å². The lowest BCUT2D eigenvalue weighted by atomic mass is 10.1. The third kappa shape index (κ3) is 6.70. The molecule has 0 radical (unpaired) electrons. The SMILES string of the molecule is CNS(=O)(=O)Cc1ccc(CNC(=O)NCC(c2ccco2)N(C)C)cc1. The van der Waals surface area contributed by atoms with Crippen LogP contribution in [0.5, 0.6) is 0 Å². The van der Waals surface area contributed by atoms with Crippen LogP contribution in [0.3, 0.4) is 0 Å². The third-order valence-corrected chi connectivity index (χ3v) is 5.43. The summed E-state index contributed by atoms with van der Waals surface area (Å²) in [6.07, 6.45) is 1.61. The maximum absolute atomic E-state index is 12.0. The molecule has 1 aromatic heterocycles. The number of sulfonamides is 1. The summed E-state index contributed by atoms with van der Waals surface area (Å²) in [5.74, 6) is 0.712. The molecule has 0 bridgehead atoms.